The van der Waals surface area contributed by atoms with E-state index in [4.69, 9.17) is 5.73 Å². The van der Waals surface area contributed by atoms with Gasteiger partial charge in [0.05, 0.1) is 11.1 Å². The summed E-state index contributed by atoms with van der Waals surface area (Å²) in [5, 5.41) is 3.08. The molecule has 0 radical (unpaired) electrons. The third-order valence-electron chi connectivity index (χ3n) is 3.47. The van der Waals surface area contributed by atoms with Crippen LogP contribution in [0.4, 0.5) is 0 Å². The lowest BCUT2D eigenvalue weighted by Gasteiger charge is -2.28. The Labute approximate surface area is 102 Å². The van der Waals surface area contributed by atoms with Gasteiger partial charge in [0.25, 0.3) is 5.91 Å². The molecule has 0 spiro atoms. The van der Waals surface area contributed by atoms with Crippen LogP contribution in [0.3, 0.4) is 0 Å². The van der Waals surface area contributed by atoms with Gasteiger partial charge in [-0.2, -0.15) is 0 Å². The molecule has 1 aromatic rings. The highest BCUT2D eigenvalue weighted by Crippen LogP contribution is 2.28. The Balaban J connectivity index is 2.11. The van der Waals surface area contributed by atoms with E-state index in [9.17, 15) is 4.79 Å². The normalized spacial score (nSPS) is 18.0. The molecule has 0 bridgehead atoms. The zero-order chi connectivity index (χ0) is 12.3. The summed E-state index contributed by atoms with van der Waals surface area (Å²) in [7, 11) is 0. The number of rotatable bonds is 3. The van der Waals surface area contributed by atoms with Gasteiger partial charge >= 0.3 is 0 Å². The molecule has 1 heterocycles. The average Bonchev–Trinajstić information content (AvgIpc) is 2.78. The number of aryl methyl sites for hydroxylation is 1. The maximum absolute atomic E-state index is 12.1. The summed E-state index contributed by atoms with van der Waals surface area (Å²) >= 11 is 0. The van der Waals surface area contributed by atoms with E-state index in [1.165, 1.54) is 0 Å². The minimum Gasteiger partial charge on any atom is -0.345 e. The van der Waals surface area contributed by atoms with Crippen molar-refractivity contribution < 1.29 is 4.79 Å². The Kier molecular flexibility index (Phi) is 3.43. The number of nitrogens with two attached hydrogens (primary N) is 1. The molecule has 92 valence electrons. The number of nitrogens with one attached hydrogen (secondary N) is 1. The Morgan fingerprint density at radius 3 is 2.76 bits per heavy atom. The first-order valence-electron chi connectivity index (χ1n) is 6.09. The van der Waals surface area contributed by atoms with Crippen molar-refractivity contribution in [3.8, 4) is 0 Å². The molecule has 3 N–H and O–H groups in total. The van der Waals surface area contributed by atoms with Crippen molar-refractivity contribution in [2.24, 2.45) is 5.73 Å². The molecule has 0 aromatic carbocycles. The van der Waals surface area contributed by atoms with Gasteiger partial charge in [0.2, 0.25) is 0 Å². The third-order valence-corrected chi connectivity index (χ3v) is 3.47. The van der Waals surface area contributed by atoms with Gasteiger partial charge in [0.15, 0.2) is 0 Å². The summed E-state index contributed by atoms with van der Waals surface area (Å²) in [6, 6.07) is 1.85. The number of carbonyl (C=O) groups is 1. The maximum atomic E-state index is 12.1. The van der Waals surface area contributed by atoms with E-state index in [2.05, 4.69) is 10.3 Å². The number of hydrogen-bond acceptors (Lipinski definition) is 3. The summed E-state index contributed by atoms with van der Waals surface area (Å²) in [5.74, 6) is -0.0615. The zero-order valence-electron chi connectivity index (χ0n) is 10.2. The Hall–Kier alpha value is -1.42. The Morgan fingerprint density at radius 2 is 2.18 bits per heavy atom. The van der Waals surface area contributed by atoms with E-state index in [1.54, 1.807) is 12.4 Å². The summed E-state index contributed by atoms with van der Waals surface area (Å²) in [4.78, 5) is 16.1. The van der Waals surface area contributed by atoms with Crippen LogP contribution in [-0.2, 0) is 0 Å². The molecule has 1 aliphatic carbocycles. The van der Waals surface area contributed by atoms with Crippen molar-refractivity contribution in [1.82, 2.24) is 10.3 Å². The van der Waals surface area contributed by atoms with Crippen LogP contribution in [0.1, 0.15) is 41.6 Å². The lowest BCUT2D eigenvalue weighted by Crippen LogP contribution is -2.51. The summed E-state index contributed by atoms with van der Waals surface area (Å²) in [6.07, 6.45) is 7.59. The number of hydrogen-bond donors (Lipinski definition) is 2. The van der Waals surface area contributed by atoms with Crippen molar-refractivity contribution in [3.05, 3.63) is 29.6 Å². The lowest BCUT2D eigenvalue weighted by atomic mass is 9.97. The standard InChI is InChI=1S/C13H19N3O/c1-10-6-11(8-15-7-10)12(17)16-13(9-14)4-2-3-5-13/h6-8H,2-5,9,14H2,1H3,(H,16,17). The molecule has 4 heteroatoms. The van der Waals surface area contributed by atoms with Crippen LogP contribution in [0.2, 0.25) is 0 Å². The van der Waals surface area contributed by atoms with Gasteiger partial charge in [-0.1, -0.05) is 12.8 Å². The molecule has 1 amide bonds. The van der Waals surface area contributed by atoms with Crippen LogP contribution >= 0.6 is 0 Å². The third kappa shape index (κ3) is 2.64. The molecule has 1 saturated carbocycles. The summed E-state index contributed by atoms with van der Waals surface area (Å²) in [5.41, 5.74) is 7.21. The Morgan fingerprint density at radius 1 is 1.47 bits per heavy atom. The van der Waals surface area contributed by atoms with Gasteiger partial charge in [0, 0.05) is 18.9 Å². The second-order valence-corrected chi connectivity index (χ2v) is 4.90. The molecular weight excluding hydrogens is 214 g/mol. The van der Waals surface area contributed by atoms with Crippen molar-refractivity contribution in [3.63, 3.8) is 0 Å². The molecular formula is C13H19N3O. The largest absolute Gasteiger partial charge is 0.345 e. The highest BCUT2D eigenvalue weighted by molar-refractivity contribution is 5.94. The minimum absolute atomic E-state index is 0.0615. The number of pyridine rings is 1. The van der Waals surface area contributed by atoms with Crippen molar-refractivity contribution in [2.45, 2.75) is 38.1 Å². The topological polar surface area (TPSA) is 68.0 Å². The minimum atomic E-state index is -0.194. The quantitative estimate of drug-likeness (QED) is 0.829. The second-order valence-electron chi connectivity index (χ2n) is 4.90. The first-order valence-corrected chi connectivity index (χ1v) is 6.09. The van der Waals surface area contributed by atoms with Gasteiger partial charge in [0.1, 0.15) is 0 Å². The fraction of sp³-hybridized carbons (Fsp3) is 0.538. The van der Waals surface area contributed by atoms with Crippen LogP contribution in [-0.4, -0.2) is 23.0 Å². The van der Waals surface area contributed by atoms with Gasteiger partial charge in [-0.15, -0.1) is 0 Å². The van der Waals surface area contributed by atoms with Crippen LogP contribution in [0, 0.1) is 6.92 Å². The number of amides is 1. The van der Waals surface area contributed by atoms with Crippen LogP contribution in [0.25, 0.3) is 0 Å². The monoisotopic (exact) mass is 233 g/mol. The summed E-state index contributed by atoms with van der Waals surface area (Å²) < 4.78 is 0. The highest BCUT2D eigenvalue weighted by Gasteiger charge is 2.34. The zero-order valence-corrected chi connectivity index (χ0v) is 10.2. The maximum Gasteiger partial charge on any atom is 0.253 e. The first kappa shape index (κ1) is 12.0. The van der Waals surface area contributed by atoms with E-state index in [-0.39, 0.29) is 11.4 Å². The van der Waals surface area contributed by atoms with Crippen molar-refractivity contribution >= 4 is 5.91 Å². The van der Waals surface area contributed by atoms with E-state index in [0.29, 0.717) is 12.1 Å². The van der Waals surface area contributed by atoms with Gasteiger partial charge in [-0.05, 0) is 31.4 Å². The second kappa shape index (κ2) is 4.84. The molecule has 1 fully saturated rings. The lowest BCUT2D eigenvalue weighted by molar-refractivity contribution is 0.0902. The average molecular weight is 233 g/mol. The van der Waals surface area contributed by atoms with Gasteiger partial charge in [-0.3, -0.25) is 9.78 Å². The van der Waals surface area contributed by atoms with E-state index >= 15 is 0 Å². The predicted molar refractivity (Wildman–Crippen MR) is 66.7 cm³/mol. The van der Waals surface area contributed by atoms with Crippen molar-refractivity contribution in [2.75, 3.05) is 6.54 Å². The number of carbonyl (C=O) groups excluding carboxylic acids is 1. The molecule has 0 unspecified atom stereocenters. The van der Waals surface area contributed by atoms with Crippen LogP contribution in [0.15, 0.2) is 18.5 Å². The molecule has 17 heavy (non-hydrogen) atoms. The molecule has 0 aliphatic heterocycles. The molecule has 4 nitrogen and oxygen atoms in total. The smallest absolute Gasteiger partial charge is 0.253 e. The van der Waals surface area contributed by atoms with Crippen molar-refractivity contribution in [1.29, 1.82) is 0 Å². The molecule has 1 aliphatic rings. The fourth-order valence-corrected chi connectivity index (χ4v) is 2.42. The van der Waals surface area contributed by atoms with Gasteiger partial charge < -0.3 is 11.1 Å². The molecule has 0 saturated heterocycles. The number of nitrogens with zero attached hydrogens (tertiary/aromatic N) is 1. The van der Waals surface area contributed by atoms with E-state index < -0.39 is 0 Å². The first-order chi connectivity index (χ1) is 8.15. The van der Waals surface area contributed by atoms with Crippen LogP contribution in [0.5, 0.6) is 0 Å². The highest BCUT2D eigenvalue weighted by atomic mass is 16.1. The van der Waals surface area contributed by atoms with Gasteiger partial charge in [-0.25, -0.2) is 0 Å². The predicted octanol–water partition coefficient (Wildman–Crippen LogP) is 1.39. The molecule has 0 atom stereocenters. The van der Waals surface area contributed by atoms with E-state index in [1.807, 2.05) is 13.0 Å². The molecule has 2 rings (SSSR count). The van der Waals surface area contributed by atoms with E-state index in [0.717, 1.165) is 31.2 Å². The van der Waals surface area contributed by atoms with Crippen LogP contribution < -0.4 is 11.1 Å². The Bertz CT molecular complexity index is 411. The molecule has 1 aromatic heterocycles. The fourth-order valence-electron chi connectivity index (χ4n) is 2.42. The summed E-state index contributed by atoms with van der Waals surface area (Å²) in [6.45, 7) is 2.44. The SMILES string of the molecule is Cc1cncc(C(=O)NC2(CN)CCCC2)c1. The number of aromatic nitrogens is 1.